The van der Waals surface area contributed by atoms with Gasteiger partial charge in [0.2, 0.25) is 5.91 Å². The van der Waals surface area contributed by atoms with Gasteiger partial charge in [-0.05, 0) is 43.7 Å². The Balaban J connectivity index is 2.11. The molecule has 0 saturated heterocycles. The third-order valence-corrected chi connectivity index (χ3v) is 5.55. The number of carboxylic acid groups (broad SMARTS) is 1. The Kier molecular flexibility index (Phi) is 5.82. The van der Waals surface area contributed by atoms with Crippen molar-refractivity contribution < 1.29 is 23.1 Å². The first-order valence-corrected chi connectivity index (χ1v) is 9.65. The molecule has 2 rings (SSSR count). The van der Waals surface area contributed by atoms with E-state index in [1.54, 1.807) is 42.5 Å². The van der Waals surface area contributed by atoms with Gasteiger partial charge in [0.15, 0.2) is 9.84 Å². The monoisotopic (exact) mass is 375 g/mol. The molecule has 0 fully saturated rings. The van der Waals surface area contributed by atoms with E-state index < -0.39 is 27.1 Å². The quantitative estimate of drug-likeness (QED) is 0.774. The maximum absolute atomic E-state index is 12.4. The smallest absolute Gasteiger partial charge is 0.309 e. The molecule has 0 saturated carbocycles. The van der Waals surface area contributed by atoms with E-state index in [1.807, 2.05) is 0 Å². The number of benzene rings is 2. The summed E-state index contributed by atoms with van der Waals surface area (Å²) in [5.41, 5.74) is -0.223. The first-order valence-electron chi connectivity index (χ1n) is 8.00. The Morgan fingerprint density at radius 2 is 1.69 bits per heavy atom. The van der Waals surface area contributed by atoms with Crippen LogP contribution in [0.15, 0.2) is 59.5 Å². The van der Waals surface area contributed by atoms with Crippen LogP contribution in [0.1, 0.15) is 25.8 Å². The lowest BCUT2D eigenvalue weighted by atomic mass is 9.89. The number of hydrogen-bond donors (Lipinski definition) is 2. The second-order valence-electron chi connectivity index (χ2n) is 6.69. The molecule has 0 bridgehead atoms. The third-order valence-electron chi connectivity index (χ3n) is 3.85. The van der Waals surface area contributed by atoms with Gasteiger partial charge in [0, 0.05) is 12.1 Å². The summed E-state index contributed by atoms with van der Waals surface area (Å²) in [5, 5.41) is 11.7. The van der Waals surface area contributed by atoms with Crippen LogP contribution >= 0.6 is 0 Å². The van der Waals surface area contributed by atoms with E-state index in [4.69, 9.17) is 5.11 Å². The second kappa shape index (κ2) is 7.70. The number of hydrogen-bond acceptors (Lipinski definition) is 4. The van der Waals surface area contributed by atoms with E-state index in [9.17, 15) is 18.0 Å². The highest BCUT2D eigenvalue weighted by Gasteiger charge is 2.30. The first kappa shape index (κ1) is 19.7. The lowest BCUT2D eigenvalue weighted by Crippen LogP contribution is -2.29. The number of sulfone groups is 1. The van der Waals surface area contributed by atoms with Gasteiger partial charge in [-0.15, -0.1) is 0 Å². The third kappa shape index (κ3) is 5.16. The van der Waals surface area contributed by atoms with Crippen LogP contribution in [-0.2, 0) is 25.2 Å². The van der Waals surface area contributed by atoms with Crippen molar-refractivity contribution in [1.82, 2.24) is 0 Å². The Labute approximate surface area is 152 Å². The molecule has 2 aromatic carbocycles. The van der Waals surface area contributed by atoms with E-state index in [2.05, 4.69) is 5.32 Å². The average Bonchev–Trinajstić information content (AvgIpc) is 2.54. The molecule has 0 heterocycles. The van der Waals surface area contributed by atoms with Crippen molar-refractivity contribution >= 4 is 27.4 Å². The summed E-state index contributed by atoms with van der Waals surface area (Å²) in [7, 11) is -3.49. The molecule has 26 heavy (non-hydrogen) atoms. The van der Waals surface area contributed by atoms with Crippen molar-refractivity contribution in [2.24, 2.45) is 5.41 Å². The number of rotatable bonds is 7. The fourth-order valence-corrected chi connectivity index (χ4v) is 3.71. The van der Waals surface area contributed by atoms with E-state index in [0.717, 1.165) is 0 Å². The normalized spacial score (nSPS) is 11.8. The molecule has 138 valence electrons. The van der Waals surface area contributed by atoms with Crippen LogP contribution in [0, 0.1) is 5.41 Å². The number of amides is 1. The van der Waals surface area contributed by atoms with Crippen LogP contribution in [0.4, 0.5) is 5.69 Å². The molecule has 0 unspecified atom stereocenters. The molecule has 0 spiro atoms. The zero-order valence-corrected chi connectivity index (χ0v) is 15.4. The van der Waals surface area contributed by atoms with Crippen LogP contribution in [0.5, 0.6) is 0 Å². The Hall–Kier alpha value is -2.67. The number of nitrogens with one attached hydrogen (secondary N) is 1. The molecular weight excluding hydrogens is 354 g/mol. The first-order chi connectivity index (χ1) is 12.1. The van der Waals surface area contributed by atoms with Gasteiger partial charge in [-0.3, -0.25) is 9.59 Å². The summed E-state index contributed by atoms with van der Waals surface area (Å²) in [5.74, 6) is -1.70. The van der Waals surface area contributed by atoms with Gasteiger partial charge >= 0.3 is 5.97 Å². The lowest BCUT2D eigenvalue weighted by molar-refractivity contribution is -0.148. The predicted molar refractivity (Wildman–Crippen MR) is 98.4 cm³/mol. The van der Waals surface area contributed by atoms with E-state index in [-0.39, 0.29) is 17.1 Å². The average molecular weight is 375 g/mol. The lowest BCUT2D eigenvalue weighted by Gasteiger charge is -2.18. The molecule has 7 heteroatoms. The van der Waals surface area contributed by atoms with Crippen LogP contribution in [0.3, 0.4) is 0 Å². The highest BCUT2D eigenvalue weighted by Crippen LogP contribution is 2.22. The molecule has 2 N–H and O–H groups in total. The van der Waals surface area contributed by atoms with Gasteiger partial charge in [-0.2, -0.15) is 0 Å². The van der Waals surface area contributed by atoms with Crippen molar-refractivity contribution in [3.63, 3.8) is 0 Å². The van der Waals surface area contributed by atoms with E-state index in [0.29, 0.717) is 11.3 Å². The number of carbonyl (C=O) groups excluding carboxylic acids is 1. The number of aliphatic carboxylic acids is 1. The molecule has 0 aliphatic rings. The summed E-state index contributed by atoms with van der Waals surface area (Å²) in [4.78, 5) is 23.4. The minimum Gasteiger partial charge on any atom is -0.481 e. The van der Waals surface area contributed by atoms with Crippen molar-refractivity contribution in [3.05, 3.63) is 60.2 Å². The zero-order chi connectivity index (χ0) is 19.4. The van der Waals surface area contributed by atoms with E-state index >= 15 is 0 Å². The summed E-state index contributed by atoms with van der Waals surface area (Å²) < 4.78 is 24.9. The molecule has 2 aromatic rings. The maximum atomic E-state index is 12.4. The molecule has 0 aromatic heterocycles. The Morgan fingerprint density at radius 1 is 1.04 bits per heavy atom. The fraction of sp³-hybridized carbons (Fsp3) is 0.263. The molecule has 0 radical (unpaired) electrons. The summed E-state index contributed by atoms with van der Waals surface area (Å²) in [6.45, 7) is 2.94. The Bertz CT molecular complexity index is 905. The van der Waals surface area contributed by atoms with Gasteiger partial charge in [-0.25, -0.2) is 8.42 Å². The summed E-state index contributed by atoms with van der Waals surface area (Å²) in [6, 6.07) is 14.7. The van der Waals surface area contributed by atoms with Gasteiger partial charge < -0.3 is 10.4 Å². The minimum absolute atomic E-state index is 0.186. The zero-order valence-electron chi connectivity index (χ0n) is 14.6. The Morgan fingerprint density at radius 3 is 2.31 bits per heavy atom. The van der Waals surface area contributed by atoms with Crippen LogP contribution < -0.4 is 5.32 Å². The highest BCUT2D eigenvalue weighted by molar-refractivity contribution is 7.90. The van der Waals surface area contributed by atoms with Gasteiger partial charge in [-0.1, -0.05) is 30.3 Å². The van der Waals surface area contributed by atoms with Gasteiger partial charge in [0.25, 0.3) is 0 Å². The van der Waals surface area contributed by atoms with Crippen LogP contribution in [0.2, 0.25) is 0 Å². The van der Waals surface area contributed by atoms with Crippen LogP contribution in [0.25, 0.3) is 0 Å². The molecule has 1 amide bonds. The van der Waals surface area contributed by atoms with Crippen molar-refractivity contribution in [1.29, 1.82) is 0 Å². The van der Waals surface area contributed by atoms with Crippen molar-refractivity contribution in [3.8, 4) is 0 Å². The van der Waals surface area contributed by atoms with Crippen molar-refractivity contribution in [2.45, 2.75) is 30.9 Å². The summed E-state index contributed by atoms with van der Waals surface area (Å²) >= 11 is 0. The molecule has 0 atom stereocenters. The fourth-order valence-electron chi connectivity index (χ4n) is 2.35. The number of anilines is 1. The standard InChI is InChI=1S/C19H21NO5S/c1-19(2,18(22)23)12-17(21)20-15-8-6-7-14(11-15)13-26(24,25)16-9-4-3-5-10-16/h3-11H,12-13H2,1-2H3,(H,20,21)(H,22,23). The van der Waals surface area contributed by atoms with Crippen LogP contribution in [-0.4, -0.2) is 25.4 Å². The van der Waals surface area contributed by atoms with Gasteiger partial charge in [0.1, 0.15) is 0 Å². The van der Waals surface area contributed by atoms with Gasteiger partial charge in [0.05, 0.1) is 16.1 Å². The van der Waals surface area contributed by atoms with Crippen molar-refractivity contribution in [2.75, 3.05) is 5.32 Å². The molecule has 0 aliphatic heterocycles. The SMILES string of the molecule is CC(C)(CC(=O)Nc1cccc(CS(=O)(=O)c2ccccc2)c1)C(=O)O. The molecule has 0 aliphatic carbocycles. The second-order valence-corrected chi connectivity index (χ2v) is 8.68. The predicted octanol–water partition coefficient (Wildman–Crippen LogP) is 3.10. The maximum Gasteiger partial charge on any atom is 0.309 e. The largest absolute Gasteiger partial charge is 0.481 e. The molecule has 6 nitrogen and oxygen atoms in total. The number of carbonyl (C=O) groups is 2. The van der Waals surface area contributed by atoms with E-state index in [1.165, 1.54) is 26.0 Å². The summed E-state index contributed by atoms with van der Waals surface area (Å²) in [6.07, 6.45) is -0.186. The number of carboxylic acids is 1. The topological polar surface area (TPSA) is 101 Å². The highest BCUT2D eigenvalue weighted by atomic mass is 32.2. The minimum atomic E-state index is -3.49. The molecular formula is C19H21NO5S.